The van der Waals surface area contributed by atoms with Crippen LogP contribution in [0.4, 0.5) is 0 Å². The molecule has 122 valence electrons. The van der Waals surface area contributed by atoms with Gasteiger partial charge in [-0.1, -0.05) is 12.1 Å². The van der Waals surface area contributed by atoms with Gasteiger partial charge in [-0.15, -0.1) is 0 Å². The van der Waals surface area contributed by atoms with E-state index in [0.29, 0.717) is 10.9 Å². The third kappa shape index (κ3) is 2.23. The molecule has 1 aromatic carbocycles. The van der Waals surface area contributed by atoms with Gasteiger partial charge in [0.2, 0.25) is 0 Å². The standard InChI is InChI=1S/C16H14N4O4/c21-14-9-3-1-2-4-11(9)20-13(19-14)10(7-17-20)15(22)18-12(16(23)24)8-5-6-8/h1-4,7-8,12H,5-6H2,(H,18,22)(H,19,21)(H,23,24). The molecule has 1 atom stereocenters. The maximum absolute atomic E-state index is 12.5. The van der Waals surface area contributed by atoms with Crippen LogP contribution >= 0.6 is 0 Å². The summed E-state index contributed by atoms with van der Waals surface area (Å²) >= 11 is 0. The van der Waals surface area contributed by atoms with Crippen LogP contribution in [0, 0.1) is 5.92 Å². The molecule has 1 aliphatic rings. The van der Waals surface area contributed by atoms with E-state index >= 15 is 0 Å². The van der Waals surface area contributed by atoms with E-state index in [9.17, 15) is 19.5 Å². The lowest BCUT2D eigenvalue weighted by Crippen LogP contribution is -2.42. The Morgan fingerprint density at radius 2 is 2.08 bits per heavy atom. The van der Waals surface area contributed by atoms with Crippen molar-refractivity contribution >= 4 is 28.4 Å². The molecule has 0 saturated heterocycles. The lowest BCUT2D eigenvalue weighted by molar-refractivity contribution is -0.139. The van der Waals surface area contributed by atoms with Crippen molar-refractivity contribution in [2.24, 2.45) is 5.92 Å². The van der Waals surface area contributed by atoms with E-state index in [4.69, 9.17) is 0 Å². The van der Waals surface area contributed by atoms with Crippen LogP contribution in [0.25, 0.3) is 16.6 Å². The van der Waals surface area contributed by atoms with Gasteiger partial charge in [0.25, 0.3) is 11.5 Å². The summed E-state index contributed by atoms with van der Waals surface area (Å²) in [6.45, 7) is 0. The first-order valence-corrected chi connectivity index (χ1v) is 7.58. The number of aromatic amines is 1. The van der Waals surface area contributed by atoms with Crippen molar-refractivity contribution in [1.29, 1.82) is 0 Å². The molecule has 2 aromatic heterocycles. The van der Waals surface area contributed by atoms with E-state index in [1.54, 1.807) is 24.3 Å². The zero-order valence-electron chi connectivity index (χ0n) is 12.5. The van der Waals surface area contributed by atoms with Gasteiger partial charge in [-0.05, 0) is 30.9 Å². The number of H-pyrrole nitrogens is 1. The number of rotatable bonds is 4. The number of nitrogens with zero attached hydrogens (tertiary/aromatic N) is 2. The number of carbonyl (C=O) groups excluding carboxylic acids is 1. The number of aromatic nitrogens is 3. The van der Waals surface area contributed by atoms with E-state index in [-0.39, 0.29) is 22.7 Å². The molecular weight excluding hydrogens is 312 g/mol. The minimum absolute atomic E-state index is 0.0341. The highest BCUT2D eigenvalue weighted by Gasteiger charge is 2.37. The first-order valence-electron chi connectivity index (χ1n) is 7.58. The summed E-state index contributed by atoms with van der Waals surface area (Å²) in [6, 6.07) is 6.00. The third-order valence-corrected chi connectivity index (χ3v) is 4.27. The number of hydrogen-bond acceptors (Lipinski definition) is 4. The van der Waals surface area contributed by atoms with Crippen molar-refractivity contribution in [2.75, 3.05) is 0 Å². The summed E-state index contributed by atoms with van der Waals surface area (Å²) in [5.74, 6) is -1.65. The molecule has 2 heterocycles. The number of amides is 1. The molecule has 1 unspecified atom stereocenters. The number of carboxylic acids is 1. The van der Waals surface area contributed by atoms with Crippen LogP contribution < -0.4 is 10.9 Å². The number of aliphatic carboxylic acids is 1. The summed E-state index contributed by atoms with van der Waals surface area (Å²) in [4.78, 5) is 38.6. The first-order chi connectivity index (χ1) is 11.6. The molecule has 0 aliphatic heterocycles. The first kappa shape index (κ1) is 14.4. The summed E-state index contributed by atoms with van der Waals surface area (Å²) in [5, 5.41) is 16.4. The zero-order valence-corrected chi connectivity index (χ0v) is 12.5. The monoisotopic (exact) mass is 326 g/mol. The Bertz CT molecular complexity index is 1030. The number of hydrogen-bond donors (Lipinski definition) is 3. The van der Waals surface area contributed by atoms with Crippen LogP contribution in [-0.2, 0) is 4.79 Å². The smallest absolute Gasteiger partial charge is 0.326 e. The Hall–Kier alpha value is -3.16. The number of nitrogens with one attached hydrogen (secondary N) is 2. The van der Waals surface area contributed by atoms with Gasteiger partial charge >= 0.3 is 5.97 Å². The quantitative estimate of drug-likeness (QED) is 0.655. The lowest BCUT2D eigenvalue weighted by atomic mass is 10.1. The Kier molecular flexibility index (Phi) is 3.12. The number of carbonyl (C=O) groups is 2. The van der Waals surface area contributed by atoms with Gasteiger partial charge in [-0.25, -0.2) is 9.31 Å². The van der Waals surface area contributed by atoms with Gasteiger partial charge in [-0.3, -0.25) is 9.59 Å². The molecule has 0 radical (unpaired) electrons. The summed E-state index contributed by atoms with van der Waals surface area (Å²) in [6.07, 6.45) is 2.90. The van der Waals surface area contributed by atoms with Crippen LogP contribution in [0.15, 0.2) is 35.3 Å². The second-order valence-electron chi connectivity index (χ2n) is 5.92. The molecule has 24 heavy (non-hydrogen) atoms. The molecule has 1 amide bonds. The average Bonchev–Trinajstić information content (AvgIpc) is 3.31. The van der Waals surface area contributed by atoms with E-state index in [1.165, 1.54) is 10.7 Å². The van der Waals surface area contributed by atoms with Gasteiger partial charge in [0.15, 0.2) is 0 Å². The highest BCUT2D eigenvalue weighted by atomic mass is 16.4. The molecule has 3 aromatic rings. The Morgan fingerprint density at radius 3 is 2.79 bits per heavy atom. The highest BCUT2D eigenvalue weighted by Crippen LogP contribution is 2.33. The molecule has 1 fully saturated rings. The minimum atomic E-state index is -1.05. The van der Waals surface area contributed by atoms with Crippen molar-refractivity contribution in [1.82, 2.24) is 19.9 Å². The van der Waals surface area contributed by atoms with Gasteiger partial charge in [0.1, 0.15) is 17.3 Å². The van der Waals surface area contributed by atoms with Crippen molar-refractivity contribution < 1.29 is 14.7 Å². The van der Waals surface area contributed by atoms with Crippen LogP contribution in [0.1, 0.15) is 23.2 Å². The van der Waals surface area contributed by atoms with E-state index < -0.39 is 17.9 Å². The topological polar surface area (TPSA) is 117 Å². The predicted molar refractivity (Wildman–Crippen MR) is 84.9 cm³/mol. The number of fused-ring (bicyclic) bond motifs is 3. The second-order valence-corrected chi connectivity index (χ2v) is 5.92. The molecule has 1 saturated carbocycles. The van der Waals surface area contributed by atoms with Crippen molar-refractivity contribution in [2.45, 2.75) is 18.9 Å². The van der Waals surface area contributed by atoms with Gasteiger partial charge < -0.3 is 15.4 Å². The van der Waals surface area contributed by atoms with Gasteiger partial charge in [-0.2, -0.15) is 5.10 Å². The summed E-state index contributed by atoms with van der Waals surface area (Å²) < 4.78 is 1.47. The lowest BCUT2D eigenvalue weighted by Gasteiger charge is -2.12. The molecule has 0 spiro atoms. The number of benzene rings is 1. The molecule has 4 rings (SSSR count). The minimum Gasteiger partial charge on any atom is -0.480 e. The van der Waals surface area contributed by atoms with Crippen LogP contribution in [0.2, 0.25) is 0 Å². The zero-order chi connectivity index (χ0) is 16.8. The molecular formula is C16H14N4O4. The Labute approximate surface area is 135 Å². The van der Waals surface area contributed by atoms with Crippen LogP contribution in [0.5, 0.6) is 0 Å². The van der Waals surface area contributed by atoms with E-state index in [0.717, 1.165) is 12.8 Å². The SMILES string of the molecule is O=C(NC(C(=O)O)C1CC1)c1cnn2c1[nH]c(=O)c1ccccc12. The fourth-order valence-corrected chi connectivity index (χ4v) is 2.87. The van der Waals surface area contributed by atoms with Crippen LogP contribution in [-0.4, -0.2) is 37.6 Å². The van der Waals surface area contributed by atoms with Crippen molar-refractivity contribution in [3.8, 4) is 0 Å². The fraction of sp³-hybridized carbons (Fsp3) is 0.250. The van der Waals surface area contributed by atoms with Crippen molar-refractivity contribution in [3.05, 3.63) is 46.4 Å². The van der Waals surface area contributed by atoms with Gasteiger partial charge in [0, 0.05) is 0 Å². The summed E-state index contributed by atoms with van der Waals surface area (Å²) in [5.41, 5.74) is 0.637. The Balaban J connectivity index is 1.78. The van der Waals surface area contributed by atoms with Crippen molar-refractivity contribution in [3.63, 3.8) is 0 Å². The molecule has 8 nitrogen and oxygen atoms in total. The Morgan fingerprint density at radius 1 is 1.33 bits per heavy atom. The number of carboxylic acid groups (broad SMARTS) is 1. The van der Waals surface area contributed by atoms with E-state index in [1.807, 2.05) is 0 Å². The largest absolute Gasteiger partial charge is 0.480 e. The average molecular weight is 326 g/mol. The molecule has 1 aliphatic carbocycles. The van der Waals surface area contributed by atoms with E-state index in [2.05, 4.69) is 15.4 Å². The predicted octanol–water partition coefficient (Wildman–Crippen LogP) is 0.769. The second kappa shape index (κ2) is 5.19. The third-order valence-electron chi connectivity index (χ3n) is 4.27. The molecule has 3 N–H and O–H groups in total. The maximum Gasteiger partial charge on any atom is 0.326 e. The maximum atomic E-state index is 12.5. The number of para-hydroxylation sites is 1. The molecule has 8 heteroatoms. The van der Waals surface area contributed by atoms with Gasteiger partial charge in [0.05, 0.1) is 17.1 Å². The molecule has 0 bridgehead atoms. The highest BCUT2D eigenvalue weighted by molar-refractivity contribution is 6.02. The van der Waals surface area contributed by atoms with Crippen LogP contribution in [0.3, 0.4) is 0 Å². The summed E-state index contributed by atoms with van der Waals surface area (Å²) in [7, 11) is 0. The fourth-order valence-electron chi connectivity index (χ4n) is 2.87. The normalized spacial score (nSPS) is 15.5.